The monoisotopic (exact) mass is 1640 g/mol. The van der Waals surface area contributed by atoms with Crippen LogP contribution in [-0.4, -0.2) is 115 Å². The Morgan fingerprint density at radius 3 is 1.06 bits per heavy atom. The minimum absolute atomic E-state index is 0.0516. The van der Waals surface area contributed by atoms with Crippen molar-refractivity contribution in [2.24, 2.45) is 5.73 Å². The second-order valence-electron chi connectivity index (χ2n) is 32.4. The predicted octanol–water partition coefficient (Wildman–Crippen LogP) is 22.8. The minimum Gasteiger partial charge on any atom is -0.462 e. The van der Waals surface area contributed by atoms with Crippen molar-refractivity contribution in [1.82, 2.24) is 10.6 Å². The molecule has 0 bridgehead atoms. The summed E-state index contributed by atoms with van der Waals surface area (Å²) in [4.78, 5) is 99.9. The van der Waals surface area contributed by atoms with Crippen LogP contribution >= 0.6 is 7.82 Å². The van der Waals surface area contributed by atoms with E-state index in [0.29, 0.717) is 57.8 Å². The average Bonchev–Trinajstić information content (AvgIpc) is 0.772. The van der Waals surface area contributed by atoms with Gasteiger partial charge < -0.3 is 53.6 Å². The van der Waals surface area contributed by atoms with Crippen molar-refractivity contribution < 1.29 is 85.2 Å². The van der Waals surface area contributed by atoms with Gasteiger partial charge in [-0.25, -0.2) is 4.57 Å². The number of hydrogen-bond donors (Lipinski definition) is 4. The van der Waals surface area contributed by atoms with Gasteiger partial charge in [0, 0.05) is 19.3 Å². The van der Waals surface area contributed by atoms with Crippen LogP contribution in [0.1, 0.15) is 408 Å². The summed E-state index contributed by atoms with van der Waals surface area (Å²) in [5.74, 6) is -4.52. The summed E-state index contributed by atoms with van der Waals surface area (Å²) in [5.41, 5.74) is 6.65. The Hall–Kier alpha value is -5.44. The molecule has 1 aliphatic heterocycles. The number of amides is 3. The fourth-order valence-corrected chi connectivity index (χ4v) is 16.2. The Morgan fingerprint density at radius 2 is 0.722 bits per heavy atom. The molecule has 0 radical (unpaired) electrons. The average molecular weight is 1640 g/mol. The van der Waals surface area contributed by atoms with Crippen LogP contribution in [0.25, 0.3) is 0 Å². The van der Waals surface area contributed by atoms with Crippen LogP contribution in [0, 0.1) is 0 Å². The quantitative estimate of drug-likeness (QED) is 0.0207. The summed E-state index contributed by atoms with van der Waals surface area (Å²) in [7, 11) is -5.03. The van der Waals surface area contributed by atoms with E-state index >= 15 is 14.2 Å². The molecule has 0 saturated carbocycles. The number of ether oxygens (including phenoxy) is 6. The van der Waals surface area contributed by atoms with Crippen molar-refractivity contribution in [3.05, 3.63) is 60.7 Å². The highest BCUT2D eigenvalue weighted by Crippen LogP contribution is 2.52. The molecule has 660 valence electrons. The molecule has 1 aliphatic rings. The van der Waals surface area contributed by atoms with Gasteiger partial charge in [0.2, 0.25) is 17.7 Å². The van der Waals surface area contributed by atoms with Crippen molar-refractivity contribution in [2.75, 3.05) is 13.2 Å². The third-order valence-electron chi connectivity index (χ3n) is 21.6. The van der Waals surface area contributed by atoms with E-state index in [-0.39, 0.29) is 43.6 Å². The van der Waals surface area contributed by atoms with E-state index in [1.165, 1.54) is 82.1 Å². The van der Waals surface area contributed by atoms with Crippen LogP contribution in [0.2, 0.25) is 0 Å². The number of phosphoric acid groups is 1. The Labute approximate surface area is 695 Å². The van der Waals surface area contributed by atoms with Crippen LogP contribution in [-0.2, 0) is 71.1 Å². The second-order valence-corrected chi connectivity index (χ2v) is 33.8. The van der Waals surface area contributed by atoms with Gasteiger partial charge in [-0.1, -0.05) is 348 Å². The molecule has 115 heavy (non-hydrogen) atoms. The lowest BCUT2D eigenvalue weighted by molar-refractivity contribution is -0.271. The molecule has 3 amide bonds. The van der Waals surface area contributed by atoms with Gasteiger partial charge in [0.1, 0.15) is 54.1 Å². The first-order valence-electron chi connectivity index (χ1n) is 46.3. The van der Waals surface area contributed by atoms with Crippen LogP contribution in [0.3, 0.4) is 0 Å². The summed E-state index contributed by atoms with van der Waals surface area (Å²) in [6.07, 6.45) is 39.9. The second kappa shape index (κ2) is 69.4. The number of phosphoric ester groups is 1. The molecule has 2 aromatic carbocycles. The number of aliphatic hydroxyl groups is 1. The van der Waals surface area contributed by atoms with Crippen LogP contribution < -0.4 is 25.4 Å². The van der Waals surface area contributed by atoms with Crippen LogP contribution in [0.5, 0.6) is 11.5 Å². The van der Waals surface area contributed by atoms with E-state index in [9.17, 15) is 29.1 Å². The molecule has 1 fully saturated rings. The molecule has 9 atom stereocenters. The highest BCUT2D eigenvalue weighted by Gasteiger charge is 2.54. The molecule has 0 aromatic heterocycles. The zero-order valence-electron chi connectivity index (χ0n) is 72.6. The van der Waals surface area contributed by atoms with Crippen LogP contribution in [0.4, 0.5) is 0 Å². The smallest absolute Gasteiger partial charge is 0.462 e. The van der Waals surface area contributed by atoms with Gasteiger partial charge in [0.05, 0.1) is 32.5 Å². The Balaban J connectivity index is 2.18. The van der Waals surface area contributed by atoms with E-state index in [1.807, 2.05) is 0 Å². The van der Waals surface area contributed by atoms with E-state index < -0.39 is 124 Å². The summed E-state index contributed by atoms with van der Waals surface area (Å²) in [6, 6.07) is 12.9. The number of aliphatic hydroxyl groups excluding tert-OH is 1. The zero-order chi connectivity index (χ0) is 83.5. The number of benzene rings is 2. The van der Waals surface area contributed by atoms with Crippen molar-refractivity contribution in [3.8, 4) is 11.5 Å². The molecule has 1 saturated heterocycles. The highest BCUT2D eigenvalue weighted by molar-refractivity contribution is 7.49. The number of nitrogens with one attached hydrogen (secondary N) is 2. The van der Waals surface area contributed by atoms with Crippen molar-refractivity contribution in [3.63, 3.8) is 0 Å². The number of hydrogen-bond acceptors (Lipinski definition) is 19. The Morgan fingerprint density at radius 1 is 0.409 bits per heavy atom. The normalized spacial score (nSPS) is 16.6. The third kappa shape index (κ3) is 53.0. The van der Waals surface area contributed by atoms with Gasteiger partial charge in [0.15, 0.2) is 12.4 Å². The third-order valence-corrected chi connectivity index (χ3v) is 23.0. The fourth-order valence-electron chi connectivity index (χ4n) is 14.7. The van der Waals surface area contributed by atoms with Crippen molar-refractivity contribution >= 4 is 49.4 Å². The number of para-hydroxylation sites is 2. The van der Waals surface area contributed by atoms with E-state index in [4.69, 9.17) is 47.7 Å². The largest absolute Gasteiger partial charge is 0.588 e. The number of nitrogens with two attached hydrogens (primary N) is 1. The number of imide groups is 1. The molecule has 0 unspecified atom stereocenters. The molecule has 2 aromatic rings. The summed E-state index contributed by atoms with van der Waals surface area (Å²) >= 11 is 0. The maximum atomic E-state index is 15.7. The molecule has 5 N–H and O–H groups in total. The van der Waals surface area contributed by atoms with E-state index in [1.54, 1.807) is 36.4 Å². The molecule has 0 spiro atoms. The number of unbranched alkanes of at least 4 members (excludes halogenated alkanes) is 42. The number of rotatable bonds is 76. The first-order valence-corrected chi connectivity index (χ1v) is 47.8. The molecule has 0 aliphatic carbocycles. The minimum atomic E-state index is -5.03. The maximum Gasteiger partial charge on any atom is 0.588 e. The zero-order valence-corrected chi connectivity index (χ0v) is 73.5. The highest BCUT2D eigenvalue weighted by atomic mass is 31.2. The molecule has 22 heteroatoms. The van der Waals surface area contributed by atoms with E-state index in [2.05, 4.69) is 52.2 Å². The van der Waals surface area contributed by atoms with Gasteiger partial charge in [-0.3, -0.25) is 43.4 Å². The number of carbonyl (C=O) groups is 7. The lowest BCUT2D eigenvalue weighted by Gasteiger charge is -2.45. The van der Waals surface area contributed by atoms with Gasteiger partial charge in [-0.15, -0.1) is 0 Å². The molecule has 1 heterocycles. The number of carbonyl (C=O) groups excluding carboxylic acids is 7. The fraction of sp³-hybridized carbons (Fsp3) is 0.796. The summed E-state index contributed by atoms with van der Waals surface area (Å²) in [5, 5.41) is 16.9. The van der Waals surface area contributed by atoms with Crippen molar-refractivity contribution in [1.29, 1.82) is 0 Å². The van der Waals surface area contributed by atoms with Crippen LogP contribution in [0.15, 0.2) is 60.7 Å². The first kappa shape index (κ1) is 104. The molecule has 3 rings (SSSR count). The van der Waals surface area contributed by atoms with Gasteiger partial charge in [-0.2, -0.15) is 0 Å². The first-order chi connectivity index (χ1) is 56.0. The van der Waals surface area contributed by atoms with Gasteiger partial charge >= 0.3 is 31.7 Å². The summed E-state index contributed by atoms with van der Waals surface area (Å²) in [6.45, 7) is 11.5. The maximum absolute atomic E-state index is 15.7. The molecule has 21 nitrogen and oxygen atoms in total. The molecular formula is C93H160N3O18P. The van der Waals surface area contributed by atoms with Crippen molar-refractivity contribution in [2.45, 2.75) is 463 Å². The summed E-state index contributed by atoms with van der Waals surface area (Å²) < 4.78 is 72.6. The predicted molar refractivity (Wildman–Crippen MR) is 458 cm³/mol. The SMILES string of the molecule is CCCCCCCCCCC[C@H](CC(=O)NC(=O)[C@@H](N)CO[C@@H]1O[C@H](CO)[C@@H](OP(=O)(Oc2ccccc2)Oc2ccccc2)[C@H](OC(=O)C[C@@H](CCCCCCCCCCC)OC(=O)CCCCCCCCC)[C@H]1NC(=O)C[C@@H](CCCCCCCCCCC)OC(=O)CCCCCCCCC)OC(=O)CCCCCCCCC. The standard InChI is InChI=1S/C93H160N3O18P/c1-7-13-19-25-31-34-40-43-51-65-78(107-85(100)68-58-46-37-28-22-16-10-4)71-83(98)95-89-91(111-88(103)73-80(67-53-45-42-36-33-27-21-15-9-3)109-87(102)70-60-48-39-30-24-18-12-6)90(114-115(105,112-76-61-54-49-55-62-76)113-77-63-56-50-57-64-77)82(74-97)110-93(89)106-75-81(94)92(104)96-84(99)72-79(66-52-44-41-35-32-26-20-14-8-2)108-86(101)69-59-47-38-29-23-17-11-5/h49-50,54-57,61-64,78-82,89-91,93,97H,7-48,51-53,58-60,65-75,94H2,1-6H3,(H,95,98)(H,96,99,104)/t78-,79-,80-,81+,82-,89-,90-,91-,93-/m1/s1. The van der Waals surface area contributed by atoms with Gasteiger partial charge in [-0.05, 0) is 82.1 Å². The molecular weight excluding hydrogens is 1480 g/mol. The Bertz CT molecular complexity index is 2780. The van der Waals surface area contributed by atoms with Gasteiger partial charge in [0.25, 0.3) is 0 Å². The lowest BCUT2D eigenvalue weighted by Crippen LogP contribution is -2.67. The van der Waals surface area contributed by atoms with E-state index in [0.717, 1.165) is 212 Å². The Kier molecular flexibility index (Phi) is 62.6. The lowest BCUT2D eigenvalue weighted by atomic mass is 9.95. The topological polar surface area (TPSA) is 290 Å². The number of esters is 4.